The quantitative estimate of drug-likeness (QED) is 0.242. The average Bonchev–Trinajstić information content (AvgIpc) is 3.10. The van der Waals surface area contributed by atoms with Crippen molar-refractivity contribution in [2.45, 2.75) is 44.9 Å². The number of fused-ring (bicyclic) bond motifs is 1. The molecule has 2 heterocycles. The van der Waals surface area contributed by atoms with E-state index in [0.717, 1.165) is 39.0 Å². The largest absolute Gasteiger partial charge is 0.401 e. The van der Waals surface area contributed by atoms with Gasteiger partial charge in [-0.15, -0.1) is 24.0 Å². The van der Waals surface area contributed by atoms with E-state index in [1.165, 1.54) is 16.0 Å². The average molecular weight is 539 g/mol. The highest BCUT2D eigenvalue weighted by Gasteiger charge is 2.34. The third-order valence-electron chi connectivity index (χ3n) is 5.47. The van der Waals surface area contributed by atoms with Gasteiger partial charge >= 0.3 is 6.18 Å². The summed E-state index contributed by atoms with van der Waals surface area (Å²) in [6.45, 7) is 6.53. The Labute approximate surface area is 194 Å². The second kappa shape index (κ2) is 12.1. The molecule has 1 atom stereocenters. The van der Waals surface area contributed by atoms with Crippen LogP contribution in [0.3, 0.4) is 0 Å². The predicted octanol–water partition coefficient (Wildman–Crippen LogP) is 3.24. The van der Waals surface area contributed by atoms with E-state index in [4.69, 9.17) is 0 Å². The van der Waals surface area contributed by atoms with Gasteiger partial charge in [0.2, 0.25) is 0 Å². The summed E-state index contributed by atoms with van der Waals surface area (Å²) in [7, 11) is 0. The summed E-state index contributed by atoms with van der Waals surface area (Å²) in [5.74, 6) is 0.704. The summed E-state index contributed by atoms with van der Waals surface area (Å²) in [5, 5.41) is 6.51. The van der Waals surface area contributed by atoms with Gasteiger partial charge in [-0.25, -0.2) is 0 Å². The van der Waals surface area contributed by atoms with E-state index in [1.807, 2.05) is 6.92 Å². The Morgan fingerprint density at radius 2 is 1.93 bits per heavy atom. The number of hydrogen-bond acceptors (Lipinski definition) is 3. The molecule has 0 spiro atoms. The molecule has 3 rings (SSSR count). The Balaban J connectivity index is 0.00000320. The Morgan fingerprint density at radius 3 is 2.67 bits per heavy atom. The molecule has 2 aliphatic rings. The minimum atomic E-state index is -4.14. The normalized spacial score (nSPS) is 20.5. The lowest BCUT2D eigenvalue weighted by atomic mass is 10.00. The third kappa shape index (κ3) is 8.22. The Kier molecular flexibility index (Phi) is 10.2. The molecular weight excluding hydrogens is 506 g/mol. The summed E-state index contributed by atoms with van der Waals surface area (Å²) >= 11 is 0. The van der Waals surface area contributed by atoms with Gasteiger partial charge in [-0.05, 0) is 37.3 Å². The van der Waals surface area contributed by atoms with Crippen LogP contribution in [-0.4, -0.2) is 73.8 Å². The van der Waals surface area contributed by atoms with Crippen LogP contribution in [0.5, 0.6) is 0 Å². The second-order valence-corrected chi connectivity index (χ2v) is 7.89. The molecule has 1 unspecified atom stereocenters. The zero-order chi connectivity index (χ0) is 20.7. The number of nitrogens with zero attached hydrogens (tertiary/aromatic N) is 3. The van der Waals surface area contributed by atoms with E-state index in [-0.39, 0.29) is 30.0 Å². The van der Waals surface area contributed by atoms with Crippen molar-refractivity contribution >= 4 is 29.9 Å². The summed E-state index contributed by atoms with van der Waals surface area (Å²) in [6, 6.07) is 8.62. The topological polar surface area (TPSA) is 42.9 Å². The van der Waals surface area contributed by atoms with Crippen LogP contribution >= 0.6 is 24.0 Å². The molecule has 1 fully saturated rings. The van der Waals surface area contributed by atoms with Gasteiger partial charge in [-0.3, -0.25) is 14.8 Å². The number of hydrogen-bond donors (Lipinski definition) is 2. The molecule has 0 bridgehead atoms. The molecule has 9 heteroatoms. The van der Waals surface area contributed by atoms with Gasteiger partial charge in [-0.1, -0.05) is 24.3 Å². The molecule has 1 aromatic rings. The van der Waals surface area contributed by atoms with Crippen molar-refractivity contribution in [3.05, 3.63) is 35.4 Å². The van der Waals surface area contributed by atoms with Crippen molar-refractivity contribution < 1.29 is 13.2 Å². The maximum absolute atomic E-state index is 12.6. The highest BCUT2D eigenvalue weighted by Crippen LogP contribution is 2.20. The van der Waals surface area contributed by atoms with Crippen LogP contribution in [-0.2, 0) is 13.0 Å². The SMILES string of the molecule is CCNC(=NCCCN1CCc2ccccc2C1)NC1CCN(CC(F)(F)F)C1.I. The maximum Gasteiger partial charge on any atom is 0.401 e. The highest BCUT2D eigenvalue weighted by atomic mass is 127. The second-order valence-electron chi connectivity index (χ2n) is 7.89. The van der Waals surface area contributed by atoms with Crippen LogP contribution in [0.4, 0.5) is 13.2 Å². The molecule has 0 amide bonds. The summed E-state index contributed by atoms with van der Waals surface area (Å²) in [5.41, 5.74) is 2.87. The maximum atomic E-state index is 12.6. The first-order valence-corrected chi connectivity index (χ1v) is 10.6. The fourth-order valence-corrected chi connectivity index (χ4v) is 4.09. The number of alkyl halides is 3. The lowest BCUT2D eigenvalue weighted by molar-refractivity contribution is -0.143. The minimum Gasteiger partial charge on any atom is -0.357 e. The smallest absolute Gasteiger partial charge is 0.357 e. The van der Waals surface area contributed by atoms with Gasteiger partial charge in [0.25, 0.3) is 0 Å². The Morgan fingerprint density at radius 1 is 1.17 bits per heavy atom. The predicted molar refractivity (Wildman–Crippen MR) is 125 cm³/mol. The summed E-state index contributed by atoms with van der Waals surface area (Å²) in [4.78, 5) is 8.55. The van der Waals surface area contributed by atoms with E-state index < -0.39 is 12.7 Å². The van der Waals surface area contributed by atoms with E-state index in [2.05, 4.69) is 44.8 Å². The first kappa shape index (κ1) is 25.2. The van der Waals surface area contributed by atoms with Crippen LogP contribution in [0, 0.1) is 0 Å². The lowest BCUT2D eigenvalue weighted by Gasteiger charge is -2.28. The zero-order valence-electron chi connectivity index (χ0n) is 17.5. The van der Waals surface area contributed by atoms with E-state index in [9.17, 15) is 13.2 Å². The van der Waals surface area contributed by atoms with Gasteiger partial charge in [0.1, 0.15) is 0 Å². The molecule has 30 heavy (non-hydrogen) atoms. The number of rotatable bonds is 7. The zero-order valence-corrected chi connectivity index (χ0v) is 19.9. The van der Waals surface area contributed by atoms with Crippen molar-refractivity contribution in [3.63, 3.8) is 0 Å². The number of aliphatic imine (C=N–C) groups is 1. The van der Waals surface area contributed by atoms with Crippen molar-refractivity contribution in [1.82, 2.24) is 20.4 Å². The van der Waals surface area contributed by atoms with Crippen LogP contribution in [0.1, 0.15) is 30.9 Å². The molecule has 1 aromatic carbocycles. The number of nitrogens with one attached hydrogen (secondary N) is 2. The van der Waals surface area contributed by atoms with Crippen molar-refractivity contribution in [3.8, 4) is 0 Å². The molecule has 2 N–H and O–H groups in total. The molecule has 0 aromatic heterocycles. The summed E-state index contributed by atoms with van der Waals surface area (Å²) in [6.07, 6.45) is -1.38. The molecular formula is C21H33F3IN5. The van der Waals surface area contributed by atoms with Gasteiger partial charge in [0, 0.05) is 51.9 Å². The Hall–Kier alpha value is -1.07. The molecule has 0 saturated carbocycles. The van der Waals surface area contributed by atoms with Crippen LogP contribution < -0.4 is 10.6 Å². The first-order chi connectivity index (χ1) is 13.9. The first-order valence-electron chi connectivity index (χ1n) is 10.6. The molecule has 2 aliphatic heterocycles. The summed E-state index contributed by atoms with van der Waals surface area (Å²) < 4.78 is 37.7. The lowest BCUT2D eigenvalue weighted by Crippen LogP contribution is -2.45. The molecule has 170 valence electrons. The number of likely N-dealkylation sites (tertiary alicyclic amines) is 1. The fourth-order valence-electron chi connectivity index (χ4n) is 4.09. The van der Waals surface area contributed by atoms with Gasteiger partial charge < -0.3 is 10.6 Å². The number of benzene rings is 1. The van der Waals surface area contributed by atoms with Gasteiger partial charge in [-0.2, -0.15) is 13.2 Å². The van der Waals surface area contributed by atoms with Crippen molar-refractivity contribution in [1.29, 1.82) is 0 Å². The molecule has 0 aliphatic carbocycles. The highest BCUT2D eigenvalue weighted by molar-refractivity contribution is 14.0. The molecule has 5 nitrogen and oxygen atoms in total. The van der Waals surface area contributed by atoms with E-state index in [1.54, 1.807) is 0 Å². The number of guanidine groups is 1. The van der Waals surface area contributed by atoms with E-state index >= 15 is 0 Å². The molecule has 1 saturated heterocycles. The van der Waals surface area contributed by atoms with Crippen molar-refractivity contribution in [2.75, 3.05) is 45.8 Å². The van der Waals surface area contributed by atoms with Crippen molar-refractivity contribution in [2.24, 2.45) is 4.99 Å². The third-order valence-corrected chi connectivity index (χ3v) is 5.47. The molecule has 0 radical (unpaired) electrons. The van der Waals surface area contributed by atoms with Gasteiger partial charge in [0.15, 0.2) is 5.96 Å². The van der Waals surface area contributed by atoms with Crippen LogP contribution in [0.25, 0.3) is 0 Å². The Bertz CT molecular complexity index is 683. The monoisotopic (exact) mass is 539 g/mol. The van der Waals surface area contributed by atoms with E-state index in [0.29, 0.717) is 32.0 Å². The van der Waals surface area contributed by atoms with Gasteiger partial charge in [0.05, 0.1) is 6.54 Å². The minimum absolute atomic E-state index is 0. The van der Waals surface area contributed by atoms with Crippen LogP contribution in [0.15, 0.2) is 29.3 Å². The standard InChI is InChI=1S/C21H32F3N5.HI/c1-2-25-20(27-19-9-13-29(15-19)16-21(22,23)24)26-10-5-11-28-12-8-17-6-3-4-7-18(17)14-28;/h3-4,6-7,19H,2,5,8-16H2,1H3,(H2,25,26,27);1H. The van der Waals surface area contributed by atoms with Crippen LogP contribution in [0.2, 0.25) is 0 Å². The fraction of sp³-hybridized carbons (Fsp3) is 0.667. The number of halogens is 4.